The highest BCUT2D eigenvalue weighted by Gasteiger charge is 2.12. The van der Waals surface area contributed by atoms with Gasteiger partial charge in [0.1, 0.15) is 0 Å². The fraction of sp³-hybridized carbons (Fsp3) is 0.0909. The summed E-state index contributed by atoms with van der Waals surface area (Å²) in [6.45, 7) is 0. The van der Waals surface area contributed by atoms with E-state index in [4.69, 9.17) is 11.6 Å². The smallest absolute Gasteiger partial charge is 0.288 e. The zero-order chi connectivity index (χ0) is 13.8. The second kappa shape index (κ2) is 6.12. The van der Waals surface area contributed by atoms with Gasteiger partial charge in [-0.15, -0.1) is 0 Å². The highest BCUT2D eigenvalue weighted by atomic mass is 35.5. The van der Waals surface area contributed by atoms with E-state index in [1.54, 1.807) is 18.2 Å². The molecule has 100 valence electrons. The molecule has 2 rings (SSSR count). The van der Waals surface area contributed by atoms with Gasteiger partial charge in [0.15, 0.2) is 11.6 Å². The number of alkyl halides is 2. The number of para-hydroxylation sites is 1. The summed E-state index contributed by atoms with van der Waals surface area (Å²) in [5.41, 5.74) is 0.321. The molecule has 1 heterocycles. The van der Waals surface area contributed by atoms with Crippen LogP contribution in [0, 0.1) is 5.82 Å². The summed E-state index contributed by atoms with van der Waals surface area (Å²) in [6.07, 6.45) is 0.903. The molecule has 0 bridgehead atoms. The third-order valence-corrected chi connectivity index (χ3v) is 3.04. The molecule has 0 unspecified atom stereocenters. The second-order valence-electron chi connectivity index (χ2n) is 3.34. The predicted octanol–water partition coefficient (Wildman–Crippen LogP) is 4.33. The third-order valence-electron chi connectivity index (χ3n) is 2.07. The summed E-state index contributed by atoms with van der Waals surface area (Å²) in [7, 11) is 0. The van der Waals surface area contributed by atoms with Crippen molar-refractivity contribution < 1.29 is 13.2 Å². The number of nitrogens with zero attached hydrogens (tertiary/aromatic N) is 2. The van der Waals surface area contributed by atoms with Crippen LogP contribution in [0.1, 0.15) is 0 Å². The van der Waals surface area contributed by atoms with Crippen LogP contribution in [0.15, 0.2) is 35.4 Å². The number of halogens is 4. The molecule has 0 aliphatic heterocycles. The van der Waals surface area contributed by atoms with E-state index in [-0.39, 0.29) is 16.0 Å². The Morgan fingerprint density at radius 2 is 2.00 bits per heavy atom. The standard InChI is InChI=1S/C11H7ClF3N3S/c12-10-16-5-6(13)9(18-10)17-7-3-1-2-4-8(7)19-11(14)15/h1-5,11H,(H,16,17,18). The summed E-state index contributed by atoms with van der Waals surface area (Å²) in [5, 5.41) is 2.49. The van der Waals surface area contributed by atoms with Gasteiger partial charge in [0.2, 0.25) is 5.28 Å². The maximum absolute atomic E-state index is 13.4. The number of nitrogens with one attached hydrogen (secondary N) is 1. The first-order chi connectivity index (χ1) is 9.06. The minimum Gasteiger partial charge on any atom is -0.337 e. The number of anilines is 2. The van der Waals surface area contributed by atoms with Crippen LogP contribution in [0.4, 0.5) is 24.7 Å². The van der Waals surface area contributed by atoms with E-state index in [0.717, 1.165) is 6.20 Å². The molecule has 2 aromatic rings. The van der Waals surface area contributed by atoms with Crippen LogP contribution in [0.5, 0.6) is 0 Å². The van der Waals surface area contributed by atoms with Gasteiger partial charge in [-0.2, -0.15) is 13.8 Å². The Morgan fingerprint density at radius 1 is 1.26 bits per heavy atom. The van der Waals surface area contributed by atoms with Gasteiger partial charge in [-0.05, 0) is 23.7 Å². The molecule has 0 spiro atoms. The Bertz CT molecular complexity index is 583. The van der Waals surface area contributed by atoms with E-state index < -0.39 is 11.6 Å². The van der Waals surface area contributed by atoms with Crippen LogP contribution in [0.3, 0.4) is 0 Å². The van der Waals surface area contributed by atoms with Crippen LogP contribution >= 0.6 is 23.4 Å². The minimum atomic E-state index is -2.57. The van der Waals surface area contributed by atoms with E-state index >= 15 is 0 Å². The first-order valence-electron chi connectivity index (χ1n) is 5.05. The molecule has 1 aromatic heterocycles. The van der Waals surface area contributed by atoms with Gasteiger partial charge in [0.25, 0.3) is 5.76 Å². The lowest BCUT2D eigenvalue weighted by Gasteiger charge is -2.11. The predicted molar refractivity (Wildman–Crippen MR) is 68.6 cm³/mol. The fourth-order valence-electron chi connectivity index (χ4n) is 1.33. The van der Waals surface area contributed by atoms with Crippen molar-refractivity contribution in [3.8, 4) is 0 Å². The Balaban J connectivity index is 2.30. The third kappa shape index (κ3) is 3.74. The summed E-state index contributed by atoms with van der Waals surface area (Å²) >= 11 is 5.91. The zero-order valence-electron chi connectivity index (χ0n) is 9.28. The molecule has 0 saturated carbocycles. The van der Waals surface area contributed by atoms with Crippen molar-refractivity contribution in [2.45, 2.75) is 10.7 Å². The number of benzene rings is 1. The molecule has 3 nitrogen and oxygen atoms in total. The Hall–Kier alpha value is -1.47. The van der Waals surface area contributed by atoms with Gasteiger partial charge in [0, 0.05) is 4.90 Å². The van der Waals surface area contributed by atoms with Crippen molar-refractivity contribution in [3.05, 3.63) is 41.6 Å². The van der Waals surface area contributed by atoms with Crippen molar-refractivity contribution in [1.29, 1.82) is 0 Å². The van der Waals surface area contributed by atoms with Crippen molar-refractivity contribution in [2.75, 3.05) is 5.32 Å². The molecule has 0 aliphatic carbocycles. The van der Waals surface area contributed by atoms with Crippen LogP contribution in [-0.2, 0) is 0 Å². The van der Waals surface area contributed by atoms with Crippen LogP contribution in [0.25, 0.3) is 0 Å². The molecule has 0 saturated heterocycles. The molecule has 0 fully saturated rings. The molecule has 0 amide bonds. The summed E-state index contributed by atoms with van der Waals surface area (Å²) < 4.78 is 38.2. The van der Waals surface area contributed by atoms with Crippen LogP contribution in [0.2, 0.25) is 5.28 Å². The second-order valence-corrected chi connectivity index (χ2v) is 4.71. The van der Waals surface area contributed by atoms with Crippen molar-refractivity contribution >= 4 is 34.9 Å². The van der Waals surface area contributed by atoms with Gasteiger partial charge >= 0.3 is 0 Å². The Kier molecular flexibility index (Phi) is 4.49. The van der Waals surface area contributed by atoms with E-state index in [2.05, 4.69) is 15.3 Å². The number of rotatable bonds is 4. The lowest BCUT2D eigenvalue weighted by atomic mass is 10.3. The molecule has 0 radical (unpaired) electrons. The zero-order valence-corrected chi connectivity index (χ0v) is 10.9. The number of thioether (sulfide) groups is 1. The molecule has 0 aliphatic rings. The minimum absolute atomic E-state index is 0.136. The lowest BCUT2D eigenvalue weighted by molar-refractivity contribution is 0.252. The SMILES string of the molecule is Fc1cnc(Cl)nc1Nc1ccccc1SC(F)F. The fourth-order valence-corrected chi connectivity index (χ4v) is 2.06. The molecule has 0 atom stereocenters. The van der Waals surface area contributed by atoms with E-state index in [1.165, 1.54) is 6.07 Å². The van der Waals surface area contributed by atoms with Crippen molar-refractivity contribution in [3.63, 3.8) is 0 Å². The monoisotopic (exact) mass is 305 g/mol. The molecule has 19 heavy (non-hydrogen) atoms. The maximum Gasteiger partial charge on any atom is 0.288 e. The summed E-state index contributed by atoms with van der Waals surface area (Å²) in [4.78, 5) is 7.41. The highest BCUT2D eigenvalue weighted by Crippen LogP contribution is 2.33. The number of aromatic nitrogens is 2. The van der Waals surface area contributed by atoms with Gasteiger partial charge < -0.3 is 5.32 Å². The number of hydrogen-bond donors (Lipinski definition) is 1. The van der Waals surface area contributed by atoms with Gasteiger partial charge in [-0.25, -0.2) is 9.37 Å². The molecule has 1 aromatic carbocycles. The topological polar surface area (TPSA) is 37.8 Å². The summed E-state index contributed by atoms with van der Waals surface area (Å²) in [6, 6.07) is 6.29. The maximum atomic E-state index is 13.4. The van der Waals surface area contributed by atoms with Crippen LogP contribution in [-0.4, -0.2) is 15.7 Å². The summed E-state index contributed by atoms with van der Waals surface area (Å²) in [5.74, 6) is -3.45. The molecular formula is C11H7ClF3N3S. The molecule has 1 N–H and O–H groups in total. The van der Waals surface area contributed by atoms with E-state index in [9.17, 15) is 13.2 Å². The van der Waals surface area contributed by atoms with Gasteiger partial charge in [0.05, 0.1) is 11.9 Å². The number of hydrogen-bond acceptors (Lipinski definition) is 4. The lowest BCUT2D eigenvalue weighted by Crippen LogP contribution is -2.00. The average molecular weight is 306 g/mol. The van der Waals surface area contributed by atoms with Gasteiger partial charge in [-0.3, -0.25) is 0 Å². The van der Waals surface area contributed by atoms with E-state index in [1.807, 2.05) is 0 Å². The quantitative estimate of drug-likeness (QED) is 0.674. The first kappa shape index (κ1) is 14.0. The van der Waals surface area contributed by atoms with E-state index in [0.29, 0.717) is 17.4 Å². The Morgan fingerprint density at radius 3 is 2.74 bits per heavy atom. The van der Waals surface area contributed by atoms with Crippen molar-refractivity contribution in [2.24, 2.45) is 0 Å². The van der Waals surface area contributed by atoms with Gasteiger partial charge in [-0.1, -0.05) is 23.9 Å². The normalized spacial score (nSPS) is 10.8. The largest absolute Gasteiger partial charge is 0.337 e. The Labute approximate surface area is 116 Å². The van der Waals surface area contributed by atoms with Crippen LogP contribution < -0.4 is 5.32 Å². The first-order valence-corrected chi connectivity index (χ1v) is 6.31. The molecule has 8 heteroatoms. The molecular weight excluding hydrogens is 299 g/mol. The highest BCUT2D eigenvalue weighted by molar-refractivity contribution is 7.99. The van der Waals surface area contributed by atoms with Crippen molar-refractivity contribution in [1.82, 2.24) is 9.97 Å². The average Bonchev–Trinajstić information content (AvgIpc) is 2.35.